The van der Waals surface area contributed by atoms with Crippen molar-refractivity contribution in [1.82, 2.24) is 10.6 Å². The van der Waals surface area contributed by atoms with Crippen molar-refractivity contribution in [2.45, 2.75) is 63.6 Å². The van der Waals surface area contributed by atoms with E-state index in [-0.39, 0.29) is 24.2 Å². The number of amides is 2. The zero-order chi connectivity index (χ0) is 16.9. The van der Waals surface area contributed by atoms with Gasteiger partial charge in [0.05, 0.1) is 12.1 Å². The summed E-state index contributed by atoms with van der Waals surface area (Å²) in [6.45, 7) is 4.27. The van der Waals surface area contributed by atoms with Gasteiger partial charge in [0.2, 0.25) is 0 Å². The first-order valence-corrected chi connectivity index (χ1v) is 9.22. The Balaban J connectivity index is 1.53. The second-order valence-electron chi connectivity index (χ2n) is 7.13. The second kappa shape index (κ2) is 7.88. The number of hydrogen-bond donors (Lipinski definition) is 3. The predicted molar refractivity (Wildman–Crippen MR) is 96.2 cm³/mol. The topological polar surface area (TPSA) is 64.6 Å². The van der Waals surface area contributed by atoms with E-state index in [1.54, 1.807) is 0 Å². The van der Waals surface area contributed by atoms with Crippen LogP contribution in [-0.4, -0.2) is 36.4 Å². The minimum Gasteiger partial charge on any atom is -0.393 e. The van der Waals surface area contributed by atoms with Gasteiger partial charge in [-0.1, -0.05) is 12.1 Å². The smallest absolute Gasteiger partial charge is 0.315 e. The van der Waals surface area contributed by atoms with Crippen LogP contribution in [0.25, 0.3) is 0 Å². The molecule has 1 aliphatic heterocycles. The van der Waals surface area contributed by atoms with Crippen LogP contribution in [0.5, 0.6) is 0 Å². The molecular weight excluding hydrogens is 302 g/mol. The normalized spacial score (nSPS) is 25.3. The molecule has 5 heteroatoms. The van der Waals surface area contributed by atoms with Crippen LogP contribution < -0.4 is 15.5 Å². The number of nitrogens with one attached hydrogen (secondary N) is 2. The van der Waals surface area contributed by atoms with E-state index in [1.807, 2.05) is 6.92 Å². The molecule has 1 saturated heterocycles. The third-order valence-electron chi connectivity index (χ3n) is 5.22. The van der Waals surface area contributed by atoms with Crippen molar-refractivity contribution in [2.24, 2.45) is 0 Å². The van der Waals surface area contributed by atoms with Crippen LogP contribution in [0.4, 0.5) is 10.5 Å². The first kappa shape index (κ1) is 17.1. The number of anilines is 1. The summed E-state index contributed by atoms with van der Waals surface area (Å²) in [6, 6.07) is 8.51. The van der Waals surface area contributed by atoms with E-state index in [0.717, 1.165) is 44.3 Å². The van der Waals surface area contributed by atoms with E-state index < -0.39 is 0 Å². The Hall–Kier alpha value is -1.75. The molecule has 0 bridgehead atoms. The monoisotopic (exact) mass is 331 g/mol. The highest BCUT2D eigenvalue weighted by molar-refractivity contribution is 5.74. The van der Waals surface area contributed by atoms with E-state index >= 15 is 0 Å². The highest BCUT2D eigenvalue weighted by Crippen LogP contribution is 2.24. The summed E-state index contributed by atoms with van der Waals surface area (Å²) >= 11 is 0. The third-order valence-corrected chi connectivity index (χ3v) is 5.22. The number of aliphatic hydroxyl groups is 1. The summed E-state index contributed by atoms with van der Waals surface area (Å²) in [4.78, 5) is 14.6. The van der Waals surface area contributed by atoms with Crippen LogP contribution in [0, 0.1) is 0 Å². The molecule has 1 heterocycles. The molecule has 1 atom stereocenters. The maximum absolute atomic E-state index is 12.2. The number of hydrogen-bond acceptors (Lipinski definition) is 3. The maximum Gasteiger partial charge on any atom is 0.315 e. The van der Waals surface area contributed by atoms with E-state index in [4.69, 9.17) is 0 Å². The lowest BCUT2D eigenvalue weighted by atomic mass is 9.93. The fraction of sp³-hybridized carbons (Fsp3) is 0.632. The number of carbonyl (C=O) groups is 1. The first-order valence-electron chi connectivity index (χ1n) is 9.22. The van der Waals surface area contributed by atoms with Gasteiger partial charge in [0, 0.05) is 24.8 Å². The van der Waals surface area contributed by atoms with Gasteiger partial charge in [-0.15, -0.1) is 0 Å². The van der Waals surface area contributed by atoms with Crippen molar-refractivity contribution in [3.8, 4) is 0 Å². The lowest BCUT2D eigenvalue weighted by Gasteiger charge is -2.27. The van der Waals surface area contributed by atoms with Crippen molar-refractivity contribution in [3.63, 3.8) is 0 Å². The Morgan fingerprint density at radius 2 is 1.92 bits per heavy atom. The molecule has 2 aliphatic rings. The Morgan fingerprint density at radius 1 is 1.21 bits per heavy atom. The molecule has 24 heavy (non-hydrogen) atoms. The first-order chi connectivity index (χ1) is 11.6. The maximum atomic E-state index is 12.2. The molecule has 1 aliphatic carbocycles. The molecule has 1 aromatic rings. The summed E-state index contributed by atoms with van der Waals surface area (Å²) in [5.41, 5.74) is 2.38. The van der Waals surface area contributed by atoms with Crippen LogP contribution in [0.1, 0.15) is 57.1 Å². The largest absolute Gasteiger partial charge is 0.393 e. The summed E-state index contributed by atoms with van der Waals surface area (Å²) in [6.07, 6.45) is 5.59. The van der Waals surface area contributed by atoms with Gasteiger partial charge in [-0.2, -0.15) is 0 Å². The van der Waals surface area contributed by atoms with Crippen LogP contribution in [-0.2, 0) is 0 Å². The molecular formula is C19H29N3O2. The van der Waals surface area contributed by atoms with E-state index in [9.17, 15) is 9.90 Å². The van der Waals surface area contributed by atoms with Crippen molar-refractivity contribution in [2.75, 3.05) is 18.0 Å². The fourth-order valence-electron chi connectivity index (χ4n) is 3.69. The Labute approximate surface area is 144 Å². The van der Waals surface area contributed by atoms with Crippen molar-refractivity contribution in [3.05, 3.63) is 29.8 Å². The number of aliphatic hydroxyl groups excluding tert-OH is 1. The van der Waals surface area contributed by atoms with Gasteiger partial charge < -0.3 is 20.6 Å². The van der Waals surface area contributed by atoms with Gasteiger partial charge in [-0.25, -0.2) is 4.79 Å². The van der Waals surface area contributed by atoms with Crippen molar-refractivity contribution >= 4 is 11.7 Å². The quantitative estimate of drug-likeness (QED) is 0.795. The number of urea groups is 1. The van der Waals surface area contributed by atoms with Gasteiger partial charge in [0.1, 0.15) is 0 Å². The minimum atomic E-state index is -0.196. The average Bonchev–Trinajstić information content (AvgIpc) is 3.11. The Morgan fingerprint density at radius 3 is 2.62 bits per heavy atom. The molecule has 2 fully saturated rings. The van der Waals surface area contributed by atoms with Gasteiger partial charge in [-0.05, 0) is 63.1 Å². The number of nitrogens with zero attached hydrogens (tertiary/aromatic N) is 1. The average molecular weight is 331 g/mol. The zero-order valence-corrected chi connectivity index (χ0v) is 14.5. The molecule has 5 nitrogen and oxygen atoms in total. The number of benzene rings is 1. The van der Waals surface area contributed by atoms with E-state index in [1.165, 1.54) is 18.5 Å². The fourth-order valence-corrected chi connectivity index (χ4v) is 3.69. The SMILES string of the molecule is C[C@@H](NC(=O)NC1CCC(O)CC1)c1cccc(N2CCCC2)c1. The van der Waals surface area contributed by atoms with Crippen LogP contribution in [0.2, 0.25) is 0 Å². The number of rotatable bonds is 4. The molecule has 1 saturated carbocycles. The molecule has 2 amide bonds. The van der Waals surface area contributed by atoms with E-state index in [2.05, 4.69) is 39.8 Å². The van der Waals surface area contributed by atoms with Crippen LogP contribution >= 0.6 is 0 Å². The lowest BCUT2D eigenvalue weighted by Crippen LogP contribution is -2.44. The molecule has 0 radical (unpaired) electrons. The van der Waals surface area contributed by atoms with Crippen molar-refractivity contribution in [1.29, 1.82) is 0 Å². The molecule has 0 unspecified atom stereocenters. The highest BCUT2D eigenvalue weighted by atomic mass is 16.3. The van der Waals surface area contributed by atoms with Gasteiger partial charge in [0.25, 0.3) is 0 Å². The highest BCUT2D eigenvalue weighted by Gasteiger charge is 2.21. The second-order valence-corrected chi connectivity index (χ2v) is 7.13. The Kier molecular flexibility index (Phi) is 5.61. The summed E-state index contributed by atoms with van der Waals surface area (Å²) in [7, 11) is 0. The summed E-state index contributed by atoms with van der Waals surface area (Å²) in [5, 5.41) is 15.6. The zero-order valence-electron chi connectivity index (χ0n) is 14.5. The van der Waals surface area contributed by atoms with Gasteiger partial charge in [0.15, 0.2) is 0 Å². The molecule has 0 aromatic heterocycles. The Bertz CT molecular complexity index is 549. The third kappa shape index (κ3) is 4.41. The molecule has 3 N–H and O–H groups in total. The van der Waals surface area contributed by atoms with Gasteiger partial charge >= 0.3 is 6.03 Å². The van der Waals surface area contributed by atoms with Crippen molar-refractivity contribution < 1.29 is 9.90 Å². The minimum absolute atomic E-state index is 0.0262. The lowest BCUT2D eigenvalue weighted by molar-refractivity contribution is 0.117. The van der Waals surface area contributed by atoms with Crippen LogP contribution in [0.3, 0.4) is 0 Å². The summed E-state index contributed by atoms with van der Waals surface area (Å²) in [5.74, 6) is 0. The van der Waals surface area contributed by atoms with Crippen LogP contribution in [0.15, 0.2) is 24.3 Å². The molecule has 0 spiro atoms. The summed E-state index contributed by atoms with van der Waals surface area (Å²) < 4.78 is 0. The molecule has 1 aromatic carbocycles. The predicted octanol–water partition coefficient (Wildman–Crippen LogP) is 2.95. The molecule has 132 valence electrons. The van der Waals surface area contributed by atoms with E-state index in [0.29, 0.717) is 0 Å². The molecule has 3 rings (SSSR count). The number of carbonyl (C=O) groups excluding carboxylic acids is 1. The standard InChI is InChI=1S/C19H29N3O2/c1-14(20-19(24)21-16-7-9-18(23)10-8-16)15-5-4-6-17(13-15)22-11-2-3-12-22/h4-6,13-14,16,18,23H,2-3,7-12H2,1H3,(H2,20,21,24)/t14-,16?,18?/m1/s1. The van der Waals surface area contributed by atoms with Gasteiger partial charge in [-0.3, -0.25) is 0 Å².